The van der Waals surface area contributed by atoms with E-state index in [2.05, 4.69) is 15.6 Å². The van der Waals surface area contributed by atoms with Crippen molar-refractivity contribution in [2.75, 3.05) is 12.8 Å². The summed E-state index contributed by atoms with van der Waals surface area (Å²) in [5.41, 5.74) is 1.54. The third-order valence-electron chi connectivity index (χ3n) is 4.54. The van der Waals surface area contributed by atoms with Gasteiger partial charge >= 0.3 is 0 Å². The Morgan fingerprint density at radius 1 is 1.40 bits per heavy atom. The van der Waals surface area contributed by atoms with Crippen molar-refractivity contribution in [2.24, 2.45) is 4.99 Å². The number of guanidine groups is 1. The average molecular weight is 481 g/mol. The number of nitrogens with zero attached hydrogens (tertiary/aromatic N) is 1. The highest BCUT2D eigenvalue weighted by Crippen LogP contribution is 2.23. The first-order chi connectivity index (χ1) is 11.5. The lowest BCUT2D eigenvalue weighted by atomic mass is 9.95. The van der Waals surface area contributed by atoms with Crippen LogP contribution in [0, 0.1) is 12.7 Å². The Kier molecular flexibility index (Phi) is 9.92. The lowest BCUT2D eigenvalue weighted by Gasteiger charge is -2.30. The molecule has 25 heavy (non-hydrogen) atoms. The Hall–Kier alpha value is -0.700. The molecule has 0 spiro atoms. The molecule has 7 heteroatoms. The summed E-state index contributed by atoms with van der Waals surface area (Å²) in [6, 6.07) is 5.55. The minimum absolute atomic E-state index is 0. The molecule has 3 atom stereocenters. The molecule has 0 radical (unpaired) electrons. The fourth-order valence-corrected chi connectivity index (χ4v) is 4.42. The fourth-order valence-electron chi connectivity index (χ4n) is 3.07. The van der Waals surface area contributed by atoms with E-state index in [1.165, 1.54) is 0 Å². The van der Waals surface area contributed by atoms with Gasteiger partial charge in [0.2, 0.25) is 0 Å². The van der Waals surface area contributed by atoms with E-state index in [1.807, 2.05) is 13.0 Å². The molecule has 1 aliphatic carbocycles. The number of rotatable bonds is 5. The van der Waals surface area contributed by atoms with E-state index in [0.717, 1.165) is 37.0 Å². The summed E-state index contributed by atoms with van der Waals surface area (Å²) in [7, 11) is 1.00. The first kappa shape index (κ1) is 22.3. The van der Waals surface area contributed by atoms with Crippen molar-refractivity contribution in [3.05, 3.63) is 35.1 Å². The SMILES string of the molecule is CCS(=O)C1CCCC(NC(=NC)NCc2ccc(C)c(F)c2)C1.I. The molecule has 0 amide bonds. The number of hydrogen-bond acceptors (Lipinski definition) is 2. The van der Waals surface area contributed by atoms with E-state index in [4.69, 9.17) is 0 Å². The Balaban J connectivity index is 0.00000312. The van der Waals surface area contributed by atoms with Crippen molar-refractivity contribution >= 4 is 40.7 Å². The third-order valence-corrected chi connectivity index (χ3v) is 6.28. The summed E-state index contributed by atoms with van der Waals surface area (Å²) in [6.45, 7) is 4.26. The Morgan fingerprint density at radius 3 is 2.80 bits per heavy atom. The number of nitrogens with one attached hydrogen (secondary N) is 2. The molecule has 1 saturated carbocycles. The van der Waals surface area contributed by atoms with E-state index in [0.29, 0.717) is 24.1 Å². The van der Waals surface area contributed by atoms with E-state index < -0.39 is 10.8 Å². The molecule has 0 aromatic heterocycles. The Labute approximate surface area is 169 Å². The van der Waals surface area contributed by atoms with Gasteiger partial charge in [-0.3, -0.25) is 9.20 Å². The Bertz CT molecular complexity index is 612. The maximum Gasteiger partial charge on any atom is 0.191 e. The molecule has 4 nitrogen and oxygen atoms in total. The van der Waals surface area contributed by atoms with Crippen LogP contribution in [0.1, 0.15) is 43.7 Å². The largest absolute Gasteiger partial charge is 0.354 e. The number of aryl methyl sites for hydroxylation is 1. The molecule has 1 aromatic rings. The summed E-state index contributed by atoms with van der Waals surface area (Å²) < 4.78 is 25.6. The minimum atomic E-state index is -0.731. The zero-order chi connectivity index (χ0) is 17.5. The first-order valence-corrected chi connectivity index (χ1v) is 10.0. The number of halogens is 2. The van der Waals surface area contributed by atoms with Crippen molar-refractivity contribution in [3.63, 3.8) is 0 Å². The van der Waals surface area contributed by atoms with Crippen LogP contribution in [-0.2, 0) is 17.3 Å². The van der Waals surface area contributed by atoms with Crippen molar-refractivity contribution in [3.8, 4) is 0 Å². The van der Waals surface area contributed by atoms with Crippen LogP contribution in [-0.4, -0.2) is 34.3 Å². The smallest absolute Gasteiger partial charge is 0.191 e. The fraction of sp³-hybridized carbons (Fsp3) is 0.611. The van der Waals surface area contributed by atoms with Gasteiger partial charge in [0.05, 0.1) is 0 Å². The molecule has 3 unspecified atom stereocenters. The highest BCUT2D eigenvalue weighted by atomic mass is 127. The molecule has 2 rings (SSSR count). The van der Waals surface area contributed by atoms with Gasteiger partial charge in [0, 0.05) is 41.4 Å². The van der Waals surface area contributed by atoms with Gasteiger partial charge in [0.15, 0.2) is 5.96 Å². The summed E-state index contributed by atoms with van der Waals surface area (Å²) in [4.78, 5) is 4.25. The van der Waals surface area contributed by atoms with Crippen LogP contribution in [0.4, 0.5) is 4.39 Å². The number of benzene rings is 1. The van der Waals surface area contributed by atoms with Crippen molar-refractivity contribution in [1.29, 1.82) is 0 Å². The number of aliphatic imine (C=N–C) groups is 1. The molecule has 1 aliphatic rings. The predicted molar refractivity (Wildman–Crippen MR) is 115 cm³/mol. The first-order valence-electron chi connectivity index (χ1n) is 8.62. The molecule has 0 aliphatic heterocycles. The van der Waals surface area contributed by atoms with Crippen molar-refractivity contribution in [2.45, 2.75) is 57.4 Å². The minimum Gasteiger partial charge on any atom is -0.354 e. The lowest BCUT2D eigenvalue weighted by molar-refractivity contribution is 0.413. The molecule has 142 valence electrons. The standard InChI is InChI=1S/C18H28FN3OS.HI/c1-4-24(23)16-7-5-6-15(11-16)22-18(20-3)21-12-14-9-8-13(2)17(19)10-14;/h8-10,15-16H,4-7,11-12H2,1-3H3,(H2,20,21,22);1H. The van der Waals surface area contributed by atoms with Crippen LogP contribution in [0.25, 0.3) is 0 Å². The van der Waals surface area contributed by atoms with Gasteiger partial charge in [-0.1, -0.05) is 25.5 Å². The molecular formula is C18H29FIN3OS. The maximum atomic E-state index is 13.6. The maximum absolute atomic E-state index is 13.6. The van der Waals surface area contributed by atoms with Gasteiger partial charge in [0.25, 0.3) is 0 Å². The molecule has 1 aromatic carbocycles. The zero-order valence-corrected chi connectivity index (χ0v) is 18.3. The van der Waals surface area contributed by atoms with Crippen LogP contribution in [0.15, 0.2) is 23.2 Å². The van der Waals surface area contributed by atoms with Crippen molar-refractivity contribution < 1.29 is 8.60 Å². The monoisotopic (exact) mass is 481 g/mol. The van der Waals surface area contributed by atoms with Gasteiger partial charge in [0.1, 0.15) is 5.82 Å². The Morgan fingerprint density at radius 2 is 2.16 bits per heavy atom. The average Bonchev–Trinajstić information content (AvgIpc) is 2.61. The normalized spacial score (nSPS) is 22.0. The lowest BCUT2D eigenvalue weighted by Crippen LogP contribution is -2.46. The second-order valence-corrected chi connectivity index (χ2v) is 8.31. The third kappa shape index (κ3) is 6.84. The van der Waals surface area contributed by atoms with Crippen LogP contribution < -0.4 is 10.6 Å². The molecule has 0 saturated heterocycles. The van der Waals surface area contributed by atoms with E-state index >= 15 is 0 Å². The van der Waals surface area contributed by atoms with Gasteiger partial charge in [-0.05, 0) is 43.4 Å². The number of hydrogen-bond donors (Lipinski definition) is 2. The van der Waals surface area contributed by atoms with Crippen LogP contribution in [0.2, 0.25) is 0 Å². The van der Waals surface area contributed by atoms with E-state index in [9.17, 15) is 8.60 Å². The van der Waals surface area contributed by atoms with Crippen LogP contribution in [0.3, 0.4) is 0 Å². The van der Waals surface area contributed by atoms with Gasteiger partial charge < -0.3 is 10.6 Å². The molecule has 0 heterocycles. The van der Waals surface area contributed by atoms with Crippen LogP contribution >= 0.6 is 24.0 Å². The van der Waals surface area contributed by atoms with Crippen molar-refractivity contribution in [1.82, 2.24) is 10.6 Å². The highest BCUT2D eigenvalue weighted by Gasteiger charge is 2.25. The summed E-state index contributed by atoms with van der Waals surface area (Å²) in [5.74, 6) is 1.25. The predicted octanol–water partition coefficient (Wildman–Crippen LogP) is 3.50. The van der Waals surface area contributed by atoms with E-state index in [-0.39, 0.29) is 35.0 Å². The highest BCUT2D eigenvalue weighted by molar-refractivity contribution is 14.0. The zero-order valence-electron chi connectivity index (χ0n) is 15.2. The van der Waals surface area contributed by atoms with Gasteiger partial charge in [-0.2, -0.15) is 0 Å². The summed E-state index contributed by atoms with van der Waals surface area (Å²) in [5, 5.41) is 6.94. The molecule has 2 N–H and O–H groups in total. The topological polar surface area (TPSA) is 53.5 Å². The second kappa shape index (κ2) is 11.1. The quantitative estimate of drug-likeness (QED) is 0.385. The van der Waals surface area contributed by atoms with Gasteiger partial charge in [-0.15, -0.1) is 24.0 Å². The molecular weight excluding hydrogens is 452 g/mol. The van der Waals surface area contributed by atoms with E-state index in [1.54, 1.807) is 26.1 Å². The van der Waals surface area contributed by atoms with Crippen LogP contribution in [0.5, 0.6) is 0 Å². The summed E-state index contributed by atoms with van der Waals surface area (Å²) >= 11 is 0. The molecule has 1 fully saturated rings. The van der Waals surface area contributed by atoms with Gasteiger partial charge in [-0.25, -0.2) is 4.39 Å². The summed E-state index contributed by atoms with van der Waals surface area (Å²) in [6.07, 6.45) is 4.12. The molecule has 0 bridgehead atoms. The second-order valence-electron chi connectivity index (χ2n) is 6.31.